The molecule has 1 N–H and O–H groups in total. The molecule has 0 aromatic heterocycles. The number of piperidine rings is 1. The second-order valence-electron chi connectivity index (χ2n) is 5.46. The van der Waals surface area contributed by atoms with Gasteiger partial charge < -0.3 is 10.2 Å². The second-order valence-corrected chi connectivity index (χ2v) is 5.46. The summed E-state index contributed by atoms with van der Waals surface area (Å²) < 4.78 is 0. The molecule has 1 amide bonds. The van der Waals surface area contributed by atoms with E-state index in [0.29, 0.717) is 0 Å². The van der Waals surface area contributed by atoms with Crippen molar-refractivity contribution in [1.82, 2.24) is 5.32 Å². The number of hydrogen-bond acceptors (Lipinski definition) is 2. The molecule has 0 radical (unpaired) electrons. The highest BCUT2D eigenvalue weighted by Crippen LogP contribution is 2.32. The van der Waals surface area contributed by atoms with Crippen LogP contribution in [0.25, 0.3) is 0 Å². The number of nitrogens with zero attached hydrogens (tertiary/aromatic N) is 1. The van der Waals surface area contributed by atoms with E-state index in [0.717, 1.165) is 37.2 Å². The topological polar surface area (TPSA) is 32.3 Å². The lowest BCUT2D eigenvalue weighted by atomic mass is 9.79. The van der Waals surface area contributed by atoms with Crippen LogP contribution in [0.15, 0.2) is 24.3 Å². The van der Waals surface area contributed by atoms with Crippen molar-refractivity contribution in [3.05, 3.63) is 29.8 Å². The van der Waals surface area contributed by atoms with Gasteiger partial charge >= 0.3 is 0 Å². The number of aryl methyl sites for hydroxylation is 1. The number of amides is 1. The van der Waals surface area contributed by atoms with Gasteiger partial charge in [-0.25, -0.2) is 0 Å². The van der Waals surface area contributed by atoms with Gasteiger partial charge in [0, 0.05) is 18.2 Å². The molecular formula is C15H22N2O. The van der Waals surface area contributed by atoms with E-state index >= 15 is 0 Å². The van der Waals surface area contributed by atoms with Crippen LogP contribution in [-0.2, 0) is 4.79 Å². The summed E-state index contributed by atoms with van der Waals surface area (Å²) in [6.45, 7) is 6.00. The van der Waals surface area contributed by atoms with Crippen LogP contribution in [-0.4, -0.2) is 26.0 Å². The SMILES string of the molecule is Cc1ccccc1N(C)C(=O)C1(C)CCNCC1. The minimum atomic E-state index is -0.220. The number of anilines is 1. The molecular weight excluding hydrogens is 224 g/mol. The van der Waals surface area contributed by atoms with Crippen molar-refractivity contribution in [2.75, 3.05) is 25.0 Å². The third kappa shape index (κ3) is 2.41. The average molecular weight is 246 g/mol. The van der Waals surface area contributed by atoms with Crippen molar-refractivity contribution in [1.29, 1.82) is 0 Å². The van der Waals surface area contributed by atoms with Gasteiger partial charge in [-0.1, -0.05) is 25.1 Å². The first-order valence-electron chi connectivity index (χ1n) is 6.59. The largest absolute Gasteiger partial charge is 0.317 e. The zero-order valence-electron chi connectivity index (χ0n) is 11.5. The maximum absolute atomic E-state index is 12.7. The molecule has 1 aromatic carbocycles. The molecule has 1 fully saturated rings. The third-order valence-electron chi connectivity index (χ3n) is 4.00. The summed E-state index contributed by atoms with van der Waals surface area (Å²) in [5.41, 5.74) is 1.94. The molecule has 2 rings (SSSR count). The Morgan fingerprint density at radius 1 is 1.28 bits per heavy atom. The summed E-state index contributed by atoms with van der Waals surface area (Å²) in [7, 11) is 1.89. The molecule has 0 spiro atoms. The highest BCUT2D eigenvalue weighted by atomic mass is 16.2. The quantitative estimate of drug-likeness (QED) is 0.868. The fraction of sp³-hybridized carbons (Fsp3) is 0.533. The maximum Gasteiger partial charge on any atom is 0.232 e. The second kappa shape index (κ2) is 5.11. The molecule has 0 unspecified atom stereocenters. The van der Waals surface area contributed by atoms with Crippen molar-refractivity contribution in [3.8, 4) is 0 Å². The van der Waals surface area contributed by atoms with Crippen LogP contribution >= 0.6 is 0 Å². The first kappa shape index (κ1) is 13.1. The maximum atomic E-state index is 12.7. The Labute approximate surface area is 109 Å². The van der Waals surface area contributed by atoms with Gasteiger partial charge in [0.1, 0.15) is 0 Å². The first-order valence-corrected chi connectivity index (χ1v) is 6.59. The highest BCUT2D eigenvalue weighted by molar-refractivity contribution is 5.97. The van der Waals surface area contributed by atoms with E-state index in [1.165, 1.54) is 0 Å². The molecule has 0 saturated carbocycles. The Balaban J connectivity index is 2.21. The van der Waals surface area contributed by atoms with Gasteiger partial charge in [-0.2, -0.15) is 0 Å². The number of nitrogens with one attached hydrogen (secondary N) is 1. The summed E-state index contributed by atoms with van der Waals surface area (Å²) in [6, 6.07) is 8.04. The van der Waals surface area contributed by atoms with Crippen molar-refractivity contribution in [2.45, 2.75) is 26.7 Å². The van der Waals surface area contributed by atoms with Crippen molar-refractivity contribution >= 4 is 11.6 Å². The van der Waals surface area contributed by atoms with Crippen molar-refractivity contribution in [3.63, 3.8) is 0 Å². The zero-order valence-corrected chi connectivity index (χ0v) is 11.5. The number of carbonyl (C=O) groups excluding carboxylic acids is 1. The lowest BCUT2D eigenvalue weighted by molar-refractivity contribution is -0.128. The lowest BCUT2D eigenvalue weighted by Gasteiger charge is -2.36. The lowest BCUT2D eigenvalue weighted by Crippen LogP contribution is -2.46. The number of carbonyl (C=O) groups is 1. The Morgan fingerprint density at radius 3 is 2.50 bits per heavy atom. The Bertz CT molecular complexity index is 436. The van der Waals surface area contributed by atoms with Crippen molar-refractivity contribution < 1.29 is 4.79 Å². The minimum absolute atomic E-state index is 0.220. The number of hydrogen-bond donors (Lipinski definition) is 1. The van der Waals surface area contributed by atoms with Gasteiger partial charge in [-0.15, -0.1) is 0 Å². The van der Waals surface area contributed by atoms with Gasteiger partial charge in [0.25, 0.3) is 0 Å². The van der Waals surface area contributed by atoms with E-state index in [1.54, 1.807) is 0 Å². The van der Waals surface area contributed by atoms with Crippen LogP contribution < -0.4 is 10.2 Å². The third-order valence-corrected chi connectivity index (χ3v) is 4.00. The molecule has 1 heterocycles. The summed E-state index contributed by atoms with van der Waals surface area (Å²) in [6.07, 6.45) is 1.84. The van der Waals surface area contributed by atoms with Crippen LogP contribution in [0.4, 0.5) is 5.69 Å². The fourth-order valence-electron chi connectivity index (χ4n) is 2.65. The Morgan fingerprint density at radius 2 is 1.89 bits per heavy atom. The van der Waals surface area contributed by atoms with Gasteiger partial charge in [0.2, 0.25) is 5.91 Å². The standard InChI is InChI=1S/C15H22N2O/c1-12-6-4-5-7-13(12)17(3)14(18)15(2)8-10-16-11-9-15/h4-7,16H,8-11H2,1-3H3. The molecule has 3 nitrogen and oxygen atoms in total. The molecule has 0 bridgehead atoms. The molecule has 18 heavy (non-hydrogen) atoms. The van der Waals surface area contributed by atoms with E-state index in [1.807, 2.05) is 43.1 Å². The van der Waals surface area contributed by atoms with Gasteiger partial charge in [-0.05, 0) is 44.5 Å². The number of rotatable bonds is 2. The van der Waals surface area contributed by atoms with Gasteiger partial charge in [0.05, 0.1) is 0 Å². The molecule has 1 saturated heterocycles. The number of benzene rings is 1. The van der Waals surface area contributed by atoms with Gasteiger partial charge in [-0.3, -0.25) is 4.79 Å². The van der Waals surface area contributed by atoms with Gasteiger partial charge in [0.15, 0.2) is 0 Å². The van der Waals surface area contributed by atoms with Crippen LogP contribution in [0.5, 0.6) is 0 Å². The predicted octanol–water partition coefficient (Wildman–Crippen LogP) is 2.35. The van der Waals surface area contributed by atoms with Crippen LogP contribution in [0.2, 0.25) is 0 Å². The molecule has 0 aliphatic carbocycles. The fourth-order valence-corrected chi connectivity index (χ4v) is 2.65. The van der Waals surface area contributed by atoms with Crippen LogP contribution in [0.3, 0.4) is 0 Å². The van der Waals surface area contributed by atoms with E-state index in [4.69, 9.17) is 0 Å². The first-order chi connectivity index (χ1) is 8.54. The van der Waals surface area contributed by atoms with Crippen molar-refractivity contribution in [2.24, 2.45) is 5.41 Å². The van der Waals surface area contributed by atoms with E-state index in [2.05, 4.69) is 12.2 Å². The summed E-state index contributed by atoms with van der Waals surface area (Å²) in [4.78, 5) is 14.5. The molecule has 1 aliphatic heterocycles. The highest BCUT2D eigenvalue weighted by Gasteiger charge is 2.37. The predicted molar refractivity (Wildman–Crippen MR) is 74.8 cm³/mol. The van der Waals surface area contributed by atoms with Crippen LogP contribution in [0, 0.1) is 12.3 Å². The van der Waals surface area contributed by atoms with E-state index < -0.39 is 0 Å². The average Bonchev–Trinajstić information content (AvgIpc) is 2.38. The molecule has 1 aliphatic rings. The molecule has 0 atom stereocenters. The number of para-hydroxylation sites is 1. The summed E-state index contributed by atoms with van der Waals surface area (Å²) in [5.74, 6) is 0.235. The van der Waals surface area contributed by atoms with E-state index in [-0.39, 0.29) is 11.3 Å². The summed E-state index contributed by atoms with van der Waals surface area (Å²) >= 11 is 0. The molecule has 98 valence electrons. The zero-order chi connectivity index (χ0) is 13.2. The molecule has 3 heteroatoms. The smallest absolute Gasteiger partial charge is 0.232 e. The Hall–Kier alpha value is -1.35. The summed E-state index contributed by atoms with van der Waals surface area (Å²) in [5, 5.41) is 3.31. The Kier molecular flexibility index (Phi) is 3.71. The van der Waals surface area contributed by atoms with E-state index in [9.17, 15) is 4.79 Å². The minimum Gasteiger partial charge on any atom is -0.317 e. The monoisotopic (exact) mass is 246 g/mol. The van der Waals surface area contributed by atoms with Crippen LogP contribution in [0.1, 0.15) is 25.3 Å². The molecule has 1 aromatic rings. The normalized spacial score (nSPS) is 18.4.